The van der Waals surface area contributed by atoms with Crippen molar-refractivity contribution >= 4 is 51.5 Å². The highest BCUT2D eigenvalue weighted by Gasteiger charge is 2.05. The Bertz CT molecular complexity index is 931. The molecule has 4 nitrogen and oxygen atoms in total. The summed E-state index contributed by atoms with van der Waals surface area (Å²) in [7, 11) is 0. The van der Waals surface area contributed by atoms with Gasteiger partial charge in [-0.05, 0) is 59.4 Å². The normalized spacial score (nSPS) is 10.3. The molecule has 0 fully saturated rings. The SMILES string of the molecule is O=C(CSc1ccc2ccccc2c1)NNC(=S)Nc1ccc(F)cc1. The first-order chi connectivity index (χ1) is 12.6. The minimum absolute atomic E-state index is 0.202. The van der Waals surface area contributed by atoms with Crippen LogP contribution in [-0.2, 0) is 4.79 Å². The molecule has 3 rings (SSSR count). The van der Waals surface area contributed by atoms with E-state index in [9.17, 15) is 9.18 Å². The Hall–Kier alpha value is -2.64. The number of rotatable bonds is 4. The molecule has 0 heterocycles. The second kappa shape index (κ2) is 8.64. The van der Waals surface area contributed by atoms with Gasteiger partial charge in [0.25, 0.3) is 0 Å². The summed E-state index contributed by atoms with van der Waals surface area (Å²) in [6.07, 6.45) is 0. The fourth-order valence-electron chi connectivity index (χ4n) is 2.26. The summed E-state index contributed by atoms with van der Waals surface area (Å²) in [6, 6.07) is 19.9. The highest BCUT2D eigenvalue weighted by Crippen LogP contribution is 2.23. The zero-order chi connectivity index (χ0) is 18.4. The summed E-state index contributed by atoms with van der Waals surface area (Å²) in [6.45, 7) is 0. The van der Waals surface area contributed by atoms with E-state index in [2.05, 4.69) is 28.3 Å². The summed E-state index contributed by atoms with van der Waals surface area (Å²) in [5, 5.41) is 5.38. The van der Waals surface area contributed by atoms with Crippen molar-refractivity contribution in [1.29, 1.82) is 0 Å². The van der Waals surface area contributed by atoms with Gasteiger partial charge in [0, 0.05) is 10.6 Å². The number of benzene rings is 3. The number of thioether (sulfide) groups is 1. The van der Waals surface area contributed by atoms with Crippen LogP contribution in [0.4, 0.5) is 10.1 Å². The van der Waals surface area contributed by atoms with Gasteiger partial charge in [0.05, 0.1) is 5.75 Å². The summed E-state index contributed by atoms with van der Waals surface area (Å²) >= 11 is 6.52. The number of halogens is 1. The molecule has 0 spiro atoms. The zero-order valence-electron chi connectivity index (χ0n) is 13.7. The third-order valence-corrected chi connectivity index (χ3v) is 4.71. The maximum Gasteiger partial charge on any atom is 0.248 e. The number of carbonyl (C=O) groups is 1. The van der Waals surface area contributed by atoms with Crippen molar-refractivity contribution in [2.45, 2.75) is 4.90 Å². The number of fused-ring (bicyclic) bond motifs is 1. The lowest BCUT2D eigenvalue weighted by atomic mass is 10.1. The van der Waals surface area contributed by atoms with Crippen LogP contribution in [0, 0.1) is 5.82 Å². The monoisotopic (exact) mass is 385 g/mol. The summed E-state index contributed by atoms with van der Waals surface area (Å²) < 4.78 is 12.9. The van der Waals surface area contributed by atoms with Crippen molar-refractivity contribution in [2.24, 2.45) is 0 Å². The Balaban J connectivity index is 1.44. The minimum atomic E-state index is -0.326. The van der Waals surface area contributed by atoms with Crippen LogP contribution in [0.1, 0.15) is 0 Å². The van der Waals surface area contributed by atoms with Crippen LogP contribution in [0.5, 0.6) is 0 Å². The van der Waals surface area contributed by atoms with Crippen molar-refractivity contribution in [3.05, 3.63) is 72.5 Å². The average molecular weight is 385 g/mol. The number of hydrogen-bond acceptors (Lipinski definition) is 3. The lowest BCUT2D eigenvalue weighted by Crippen LogP contribution is -2.44. The van der Waals surface area contributed by atoms with Gasteiger partial charge in [-0.2, -0.15) is 0 Å². The number of anilines is 1. The Labute approximate surface area is 160 Å². The van der Waals surface area contributed by atoms with Crippen LogP contribution in [0.2, 0.25) is 0 Å². The number of hydrogen-bond donors (Lipinski definition) is 3. The number of amides is 1. The highest BCUT2D eigenvalue weighted by atomic mass is 32.2. The third kappa shape index (κ3) is 5.18. The van der Waals surface area contributed by atoms with Gasteiger partial charge in [0.15, 0.2) is 5.11 Å². The molecular formula is C19H16FN3OS2. The van der Waals surface area contributed by atoms with Gasteiger partial charge in [0.2, 0.25) is 5.91 Å². The van der Waals surface area contributed by atoms with E-state index < -0.39 is 0 Å². The molecule has 0 aliphatic rings. The molecule has 0 aliphatic carbocycles. The summed E-state index contributed by atoms with van der Waals surface area (Å²) in [5.74, 6) is -0.273. The summed E-state index contributed by atoms with van der Waals surface area (Å²) in [5.41, 5.74) is 5.79. The van der Waals surface area contributed by atoms with E-state index in [1.54, 1.807) is 12.1 Å². The molecule has 0 radical (unpaired) electrons. The van der Waals surface area contributed by atoms with Gasteiger partial charge >= 0.3 is 0 Å². The fraction of sp³-hybridized carbons (Fsp3) is 0.0526. The predicted molar refractivity (Wildman–Crippen MR) is 109 cm³/mol. The van der Waals surface area contributed by atoms with E-state index in [1.165, 1.54) is 29.3 Å². The molecule has 26 heavy (non-hydrogen) atoms. The minimum Gasteiger partial charge on any atom is -0.331 e. The molecule has 3 aromatic rings. The van der Waals surface area contributed by atoms with Crippen LogP contribution in [0.3, 0.4) is 0 Å². The van der Waals surface area contributed by atoms with E-state index >= 15 is 0 Å². The highest BCUT2D eigenvalue weighted by molar-refractivity contribution is 8.00. The smallest absolute Gasteiger partial charge is 0.248 e. The van der Waals surface area contributed by atoms with E-state index in [1.807, 2.05) is 30.3 Å². The van der Waals surface area contributed by atoms with Crippen LogP contribution in [-0.4, -0.2) is 16.8 Å². The first-order valence-electron chi connectivity index (χ1n) is 7.83. The molecule has 132 valence electrons. The van der Waals surface area contributed by atoms with Crippen molar-refractivity contribution < 1.29 is 9.18 Å². The van der Waals surface area contributed by atoms with Gasteiger partial charge in [-0.25, -0.2) is 4.39 Å². The molecule has 3 N–H and O–H groups in total. The number of hydrazine groups is 1. The molecule has 0 saturated carbocycles. The van der Waals surface area contributed by atoms with Crippen LogP contribution < -0.4 is 16.2 Å². The topological polar surface area (TPSA) is 53.2 Å². The van der Waals surface area contributed by atoms with Gasteiger partial charge in [0.1, 0.15) is 5.82 Å². The predicted octanol–water partition coefficient (Wildman–Crippen LogP) is 4.09. The van der Waals surface area contributed by atoms with Crippen LogP contribution >= 0.6 is 24.0 Å². The largest absolute Gasteiger partial charge is 0.331 e. The zero-order valence-corrected chi connectivity index (χ0v) is 15.3. The Morgan fingerprint density at radius 1 is 0.962 bits per heavy atom. The molecule has 1 amide bonds. The van der Waals surface area contributed by atoms with Crippen molar-refractivity contribution in [1.82, 2.24) is 10.9 Å². The Morgan fingerprint density at radius 2 is 1.69 bits per heavy atom. The van der Waals surface area contributed by atoms with Crippen LogP contribution in [0.15, 0.2) is 71.6 Å². The molecule has 0 aliphatic heterocycles. The molecule has 0 bridgehead atoms. The second-order valence-corrected chi connectivity index (χ2v) is 6.89. The molecule has 0 unspecified atom stereocenters. The van der Waals surface area contributed by atoms with E-state index in [0.29, 0.717) is 5.69 Å². The first kappa shape index (κ1) is 18.2. The lowest BCUT2D eigenvalue weighted by molar-refractivity contribution is -0.119. The van der Waals surface area contributed by atoms with E-state index in [0.717, 1.165) is 10.3 Å². The number of thiocarbonyl (C=S) groups is 1. The van der Waals surface area contributed by atoms with E-state index in [4.69, 9.17) is 12.2 Å². The standard InChI is InChI=1S/C19H16FN3OS2/c20-15-6-8-16(9-7-15)21-19(25)23-22-18(24)12-26-17-10-5-13-3-1-2-4-14(13)11-17/h1-11H,12H2,(H,22,24)(H2,21,23,25). The molecule has 0 atom stereocenters. The van der Waals surface area contributed by atoms with Gasteiger partial charge in [-0.15, -0.1) is 11.8 Å². The van der Waals surface area contributed by atoms with Gasteiger partial charge < -0.3 is 5.32 Å². The Morgan fingerprint density at radius 3 is 2.46 bits per heavy atom. The first-order valence-corrected chi connectivity index (χ1v) is 9.22. The van der Waals surface area contributed by atoms with Crippen LogP contribution in [0.25, 0.3) is 10.8 Å². The maximum atomic E-state index is 12.9. The molecule has 7 heteroatoms. The molecule has 0 saturated heterocycles. The maximum absolute atomic E-state index is 12.9. The number of carbonyl (C=O) groups excluding carboxylic acids is 1. The Kier molecular flexibility index (Phi) is 6.04. The average Bonchev–Trinajstić information content (AvgIpc) is 2.66. The fourth-order valence-corrected chi connectivity index (χ4v) is 3.18. The lowest BCUT2D eigenvalue weighted by Gasteiger charge is -2.11. The van der Waals surface area contributed by atoms with Gasteiger partial charge in [-0.1, -0.05) is 30.3 Å². The summed E-state index contributed by atoms with van der Waals surface area (Å²) in [4.78, 5) is 13.0. The third-order valence-electron chi connectivity index (χ3n) is 3.51. The van der Waals surface area contributed by atoms with E-state index in [-0.39, 0.29) is 22.6 Å². The number of nitrogens with one attached hydrogen (secondary N) is 3. The second-order valence-electron chi connectivity index (χ2n) is 5.43. The van der Waals surface area contributed by atoms with Gasteiger partial charge in [-0.3, -0.25) is 15.6 Å². The molecule has 3 aromatic carbocycles. The van der Waals surface area contributed by atoms with Crippen molar-refractivity contribution in [3.8, 4) is 0 Å². The van der Waals surface area contributed by atoms with Crippen molar-refractivity contribution in [2.75, 3.05) is 11.1 Å². The molecular weight excluding hydrogens is 369 g/mol. The molecule has 0 aromatic heterocycles. The van der Waals surface area contributed by atoms with Crippen molar-refractivity contribution in [3.63, 3.8) is 0 Å². The quantitative estimate of drug-likeness (QED) is 0.359.